The summed E-state index contributed by atoms with van der Waals surface area (Å²) in [6, 6.07) is 13.1. The number of anilines is 1. The summed E-state index contributed by atoms with van der Waals surface area (Å²) in [5.74, 6) is 0. The third kappa shape index (κ3) is 3.84. The van der Waals surface area contributed by atoms with Crippen molar-refractivity contribution in [2.75, 3.05) is 24.7 Å². The van der Waals surface area contributed by atoms with Gasteiger partial charge in [0.05, 0.1) is 17.5 Å². The Hall–Kier alpha value is -2.97. The van der Waals surface area contributed by atoms with Crippen LogP contribution < -0.4 is 5.32 Å². The van der Waals surface area contributed by atoms with Crippen LogP contribution in [0.2, 0.25) is 0 Å². The van der Waals surface area contributed by atoms with Gasteiger partial charge >= 0.3 is 0 Å². The molecule has 7 nitrogen and oxygen atoms in total. The van der Waals surface area contributed by atoms with E-state index in [9.17, 15) is 8.42 Å². The van der Waals surface area contributed by atoms with Crippen LogP contribution in [0.25, 0.3) is 32.8 Å². The van der Waals surface area contributed by atoms with E-state index in [0.717, 1.165) is 57.0 Å². The van der Waals surface area contributed by atoms with Crippen molar-refractivity contribution in [1.29, 1.82) is 0 Å². The van der Waals surface area contributed by atoms with Crippen molar-refractivity contribution in [2.24, 2.45) is 7.05 Å². The number of sulfonamides is 1. The summed E-state index contributed by atoms with van der Waals surface area (Å²) >= 11 is 0. The average Bonchev–Trinajstić information content (AvgIpc) is 3.06. The fourth-order valence-electron chi connectivity index (χ4n) is 4.66. The van der Waals surface area contributed by atoms with E-state index in [1.165, 1.54) is 6.26 Å². The van der Waals surface area contributed by atoms with Gasteiger partial charge in [0.25, 0.3) is 0 Å². The molecule has 4 aromatic rings. The molecule has 2 aromatic carbocycles. The Bertz CT molecular complexity index is 1420. The predicted molar refractivity (Wildman–Crippen MR) is 129 cm³/mol. The standard InChI is InChI=1S/C24H27N5O2S/c1-16-21-13-17(4-5-24(21)28(2)27-16)19-12-18-6-9-25-15-22(18)23(14-19)26-20-7-10-29(11-8-20)32(3,30)31/h4-6,9,12-15,20,26H,7-8,10-11H2,1-3H3. The van der Waals surface area contributed by atoms with Gasteiger partial charge in [-0.05, 0) is 66.6 Å². The van der Waals surface area contributed by atoms with Crippen molar-refractivity contribution in [3.8, 4) is 11.1 Å². The van der Waals surface area contributed by atoms with Gasteiger partial charge in [0, 0.05) is 55.0 Å². The topological polar surface area (TPSA) is 80.1 Å². The lowest BCUT2D eigenvalue weighted by Gasteiger charge is -2.31. The van der Waals surface area contributed by atoms with Gasteiger partial charge < -0.3 is 5.32 Å². The summed E-state index contributed by atoms with van der Waals surface area (Å²) in [5.41, 5.74) is 5.44. The van der Waals surface area contributed by atoms with E-state index < -0.39 is 10.0 Å². The molecule has 1 saturated heterocycles. The van der Waals surface area contributed by atoms with Crippen molar-refractivity contribution in [2.45, 2.75) is 25.8 Å². The molecule has 0 atom stereocenters. The second-order valence-corrected chi connectivity index (χ2v) is 10.6. The lowest BCUT2D eigenvalue weighted by atomic mass is 9.98. The van der Waals surface area contributed by atoms with Crippen LogP contribution in [-0.2, 0) is 17.1 Å². The van der Waals surface area contributed by atoms with Gasteiger partial charge in [0.2, 0.25) is 10.0 Å². The Morgan fingerprint density at radius 2 is 1.81 bits per heavy atom. The van der Waals surface area contributed by atoms with E-state index in [-0.39, 0.29) is 6.04 Å². The lowest BCUT2D eigenvalue weighted by Crippen LogP contribution is -2.41. The molecule has 0 unspecified atom stereocenters. The minimum absolute atomic E-state index is 0.217. The molecule has 1 aliphatic rings. The molecule has 32 heavy (non-hydrogen) atoms. The quantitative estimate of drug-likeness (QED) is 0.511. The van der Waals surface area contributed by atoms with E-state index in [1.807, 2.05) is 37.1 Å². The Labute approximate surface area is 188 Å². The molecule has 1 fully saturated rings. The van der Waals surface area contributed by atoms with Crippen molar-refractivity contribution in [3.05, 3.63) is 54.5 Å². The maximum absolute atomic E-state index is 11.8. The Balaban J connectivity index is 1.51. The van der Waals surface area contributed by atoms with Crippen LogP contribution in [0.3, 0.4) is 0 Å². The first-order chi connectivity index (χ1) is 15.3. The molecule has 8 heteroatoms. The Morgan fingerprint density at radius 1 is 1.03 bits per heavy atom. The van der Waals surface area contributed by atoms with Crippen LogP contribution in [0.4, 0.5) is 5.69 Å². The third-order valence-corrected chi connectivity index (χ3v) is 7.71. The van der Waals surface area contributed by atoms with Gasteiger partial charge in [0.1, 0.15) is 0 Å². The second-order valence-electron chi connectivity index (χ2n) is 8.64. The summed E-state index contributed by atoms with van der Waals surface area (Å²) in [4.78, 5) is 4.33. The van der Waals surface area contributed by atoms with Crippen LogP contribution in [-0.4, -0.2) is 52.9 Å². The molecule has 0 bridgehead atoms. The van der Waals surface area contributed by atoms with Crippen LogP contribution >= 0.6 is 0 Å². The molecule has 2 aromatic heterocycles. The molecule has 0 aliphatic carbocycles. The van der Waals surface area contributed by atoms with Crippen molar-refractivity contribution in [1.82, 2.24) is 19.1 Å². The summed E-state index contributed by atoms with van der Waals surface area (Å²) in [6.45, 7) is 3.13. The van der Waals surface area contributed by atoms with E-state index >= 15 is 0 Å². The number of pyridine rings is 1. The fourth-order valence-corrected chi connectivity index (χ4v) is 5.53. The smallest absolute Gasteiger partial charge is 0.211 e. The number of hydrogen-bond acceptors (Lipinski definition) is 5. The molecule has 1 N–H and O–H groups in total. The zero-order valence-corrected chi connectivity index (χ0v) is 19.4. The van der Waals surface area contributed by atoms with Crippen LogP contribution in [0, 0.1) is 6.92 Å². The van der Waals surface area contributed by atoms with E-state index in [4.69, 9.17) is 0 Å². The van der Waals surface area contributed by atoms with Gasteiger partial charge in [-0.2, -0.15) is 5.10 Å². The van der Waals surface area contributed by atoms with Gasteiger partial charge in [-0.3, -0.25) is 9.67 Å². The first-order valence-corrected chi connectivity index (χ1v) is 12.7. The highest BCUT2D eigenvalue weighted by molar-refractivity contribution is 7.88. The first kappa shape index (κ1) is 20.9. The molecule has 0 radical (unpaired) electrons. The number of fused-ring (bicyclic) bond motifs is 2. The number of aryl methyl sites for hydroxylation is 2. The van der Waals surface area contributed by atoms with E-state index in [0.29, 0.717) is 13.1 Å². The molecule has 3 heterocycles. The second kappa shape index (κ2) is 7.86. The zero-order chi connectivity index (χ0) is 22.5. The maximum atomic E-state index is 11.8. The third-order valence-electron chi connectivity index (χ3n) is 6.41. The van der Waals surface area contributed by atoms with E-state index in [2.05, 4.69) is 45.7 Å². The number of benzene rings is 2. The summed E-state index contributed by atoms with van der Waals surface area (Å²) in [6.07, 6.45) is 6.54. The number of hydrogen-bond donors (Lipinski definition) is 1. The lowest BCUT2D eigenvalue weighted by molar-refractivity contribution is 0.332. The Morgan fingerprint density at radius 3 is 2.56 bits per heavy atom. The molecule has 0 amide bonds. The zero-order valence-electron chi connectivity index (χ0n) is 18.5. The molecule has 5 rings (SSSR count). The van der Waals surface area contributed by atoms with Crippen molar-refractivity contribution < 1.29 is 8.42 Å². The molecule has 166 valence electrons. The summed E-state index contributed by atoms with van der Waals surface area (Å²) in [5, 5.41) is 11.6. The normalized spacial score (nSPS) is 16.1. The molecular formula is C24H27N5O2S. The van der Waals surface area contributed by atoms with Crippen LogP contribution in [0.5, 0.6) is 0 Å². The van der Waals surface area contributed by atoms with E-state index in [1.54, 1.807) is 4.31 Å². The van der Waals surface area contributed by atoms with Crippen molar-refractivity contribution >= 4 is 37.4 Å². The number of nitrogens with one attached hydrogen (secondary N) is 1. The number of rotatable bonds is 4. The number of aromatic nitrogens is 3. The van der Waals surface area contributed by atoms with Crippen LogP contribution in [0.1, 0.15) is 18.5 Å². The molecule has 1 aliphatic heterocycles. The van der Waals surface area contributed by atoms with Crippen LogP contribution in [0.15, 0.2) is 48.8 Å². The van der Waals surface area contributed by atoms with Crippen molar-refractivity contribution in [3.63, 3.8) is 0 Å². The van der Waals surface area contributed by atoms with Gasteiger partial charge in [-0.1, -0.05) is 6.07 Å². The highest BCUT2D eigenvalue weighted by Crippen LogP contribution is 2.33. The minimum Gasteiger partial charge on any atom is -0.382 e. The first-order valence-electron chi connectivity index (χ1n) is 10.8. The van der Waals surface area contributed by atoms with Gasteiger partial charge in [0.15, 0.2) is 0 Å². The highest BCUT2D eigenvalue weighted by Gasteiger charge is 2.25. The highest BCUT2D eigenvalue weighted by atomic mass is 32.2. The molecule has 0 saturated carbocycles. The SMILES string of the molecule is Cc1nn(C)c2ccc(-c3cc(NC4CCN(S(C)(=O)=O)CC4)c4cnccc4c3)cc12. The van der Waals surface area contributed by atoms with Gasteiger partial charge in [-0.15, -0.1) is 0 Å². The monoisotopic (exact) mass is 449 g/mol. The molecule has 0 spiro atoms. The largest absolute Gasteiger partial charge is 0.382 e. The minimum atomic E-state index is -3.13. The fraction of sp³-hybridized carbons (Fsp3) is 0.333. The average molecular weight is 450 g/mol. The molecular weight excluding hydrogens is 422 g/mol. The van der Waals surface area contributed by atoms with Gasteiger partial charge in [-0.25, -0.2) is 12.7 Å². The number of piperidine rings is 1. The summed E-state index contributed by atoms with van der Waals surface area (Å²) < 4.78 is 27.2. The number of nitrogens with zero attached hydrogens (tertiary/aromatic N) is 4. The maximum Gasteiger partial charge on any atom is 0.211 e. The predicted octanol–water partition coefficient (Wildman–Crippen LogP) is 3.93. The Kier molecular flexibility index (Phi) is 5.14. The summed E-state index contributed by atoms with van der Waals surface area (Å²) in [7, 11) is -1.16.